The average molecular weight is 442 g/mol. The highest BCUT2D eigenvalue weighted by molar-refractivity contribution is 5.96. The Morgan fingerprint density at radius 3 is 2.15 bits per heavy atom. The van der Waals surface area contributed by atoms with E-state index in [-0.39, 0.29) is 29.6 Å². The topological polar surface area (TPSA) is 75.4 Å². The van der Waals surface area contributed by atoms with Gasteiger partial charge < -0.3 is 14.6 Å². The predicted octanol–water partition coefficient (Wildman–Crippen LogP) is 3.93. The second-order valence-corrected chi connectivity index (χ2v) is 9.04. The predicted molar refractivity (Wildman–Crippen MR) is 128 cm³/mol. The summed E-state index contributed by atoms with van der Waals surface area (Å²) in [6.45, 7) is 8.18. The molecule has 0 radical (unpaired) electrons. The minimum atomic E-state index is -0.810. The van der Waals surface area contributed by atoms with Gasteiger partial charge in [-0.25, -0.2) is 0 Å². The Balaban J connectivity index is 1.85. The largest absolute Gasteiger partial charge is 0.501 e. The molecular weight excluding hydrogens is 414 g/mol. The molecule has 6 heteroatoms. The van der Waals surface area contributed by atoms with Gasteiger partial charge in [-0.15, -0.1) is 0 Å². The zero-order chi connectivity index (χ0) is 23.3. The molecule has 0 spiro atoms. The van der Waals surface area contributed by atoms with Crippen molar-refractivity contribution in [2.24, 2.45) is 0 Å². The van der Waals surface area contributed by atoms with Gasteiger partial charge in [-0.3, -0.25) is 9.59 Å². The van der Waals surface area contributed by atoms with Crippen LogP contribution in [0.1, 0.15) is 64.4 Å². The number of amides is 1. The van der Waals surface area contributed by atoms with E-state index < -0.39 is 11.3 Å². The molecule has 2 aliphatic rings. The van der Waals surface area contributed by atoms with Crippen LogP contribution in [0.25, 0.3) is 6.08 Å². The van der Waals surface area contributed by atoms with E-state index in [4.69, 9.17) is 0 Å². The lowest BCUT2D eigenvalue weighted by Crippen LogP contribution is -2.50. The fourth-order valence-corrected chi connectivity index (χ4v) is 5.41. The Kier molecular flexibility index (Phi) is 5.16. The monoisotopic (exact) mass is 441 g/mol. The van der Waals surface area contributed by atoms with Crippen molar-refractivity contribution in [3.05, 3.63) is 99.2 Å². The number of carbonyl (C=O) groups is 1. The zero-order valence-electron chi connectivity index (χ0n) is 18.9. The molecule has 33 heavy (non-hydrogen) atoms. The summed E-state index contributed by atoms with van der Waals surface area (Å²) in [6.07, 6.45) is 3.35. The summed E-state index contributed by atoms with van der Waals surface area (Å²) in [6, 6.07) is 16.5. The van der Waals surface area contributed by atoms with Crippen LogP contribution in [-0.2, 0) is 12.8 Å². The molecule has 2 aromatic carbocycles. The molecule has 1 atom stereocenters. The molecule has 5 rings (SSSR count). The van der Waals surface area contributed by atoms with Crippen LogP contribution in [0.15, 0.2) is 59.9 Å². The van der Waals surface area contributed by atoms with Gasteiger partial charge in [0, 0.05) is 18.5 Å². The number of aryl methyl sites for hydroxylation is 2. The molecule has 168 valence electrons. The Morgan fingerprint density at radius 1 is 1.03 bits per heavy atom. The molecule has 0 bridgehead atoms. The van der Waals surface area contributed by atoms with Gasteiger partial charge in [-0.1, -0.05) is 55.1 Å². The lowest BCUT2D eigenvalue weighted by atomic mass is 9.81. The average Bonchev–Trinajstić information content (AvgIpc) is 2.98. The van der Waals surface area contributed by atoms with Gasteiger partial charge in [0.15, 0.2) is 5.69 Å². The Bertz CT molecular complexity index is 1280. The van der Waals surface area contributed by atoms with Crippen LogP contribution in [0.3, 0.4) is 0 Å². The van der Waals surface area contributed by atoms with E-state index in [9.17, 15) is 14.7 Å². The molecule has 6 nitrogen and oxygen atoms in total. The number of benzene rings is 2. The van der Waals surface area contributed by atoms with E-state index in [0.717, 1.165) is 12.8 Å². The molecule has 3 aromatic rings. The van der Waals surface area contributed by atoms with Crippen LogP contribution >= 0.6 is 0 Å². The first-order valence-electron chi connectivity index (χ1n) is 11.4. The molecule has 1 aliphatic heterocycles. The highest BCUT2D eigenvalue weighted by atomic mass is 16.3. The summed E-state index contributed by atoms with van der Waals surface area (Å²) in [5.74, 6) is -0.753. The van der Waals surface area contributed by atoms with E-state index in [1.54, 1.807) is 9.47 Å². The Hall–Kier alpha value is -3.67. The summed E-state index contributed by atoms with van der Waals surface area (Å²) < 4.78 is 1.74. The molecule has 1 aliphatic carbocycles. The second kappa shape index (κ2) is 8.03. The maximum Gasteiger partial charge on any atom is 0.316 e. The van der Waals surface area contributed by atoms with Crippen molar-refractivity contribution < 1.29 is 9.90 Å². The highest BCUT2D eigenvalue weighted by Crippen LogP contribution is 2.44. The van der Waals surface area contributed by atoms with Gasteiger partial charge in [0.1, 0.15) is 5.82 Å². The van der Waals surface area contributed by atoms with Crippen LogP contribution in [-0.4, -0.2) is 38.1 Å². The molecule has 0 saturated carbocycles. The SMILES string of the molecule is C=Cc1nc(=O)c(O)c2n1C(C1c3ccccc3CCc3ccccc31)CN(C(C)C)C2=O. The van der Waals surface area contributed by atoms with Crippen LogP contribution in [0.4, 0.5) is 0 Å². The third-order valence-corrected chi connectivity index (χ3v) is 6.94. The van der Waals surface area contributed by atoms with Gasteiger partial charge in [0.25, 0.3) is 5.91 Å². The van der Waals surface area contributed by atoms with E-state index >= 15 is 0 Å². The van der Waals surface area contributed by atoms with Crippen molar-refractivity contribution in [1.29, 1.82) is 0 Å². The smallest absolute Gasteiger partial charge is 0.316 e. The number of hydrogen-bond donors (Lipinski definition) is 1. The fourth-order valence-electron chi connectivity index (χ4n) is 5.41. The van der Waals surface area contributed by atoms with Crippen LogP contribution in [0, 0.1) is 0 Å². The minimum Gasteiger partial charge on any atom is -0.501 e. The van der Waals surface area contributed by atoms with Crippen LogP contribution in [0.5, 0.6) is 5.75 Å². The van der Waals surface area contributed by atoms with E-state index in [2.05, 4.69) is 48.0 Å². The lowest BCUT2D eigenvalue weighted by molar-refractivity contribution is 0.0585. The van der Waals surface area contributed by atoms with E-state index in [1.165, 1.54) is 28.3 Å². The van der Waals surface area contributed by atoms with Crippen molar-refractivity contribution >= 4 is 12.0 Å². The molecule has 0 saturated heterocycles. The van der Waals surface area contributed by atoms with Crippen molar-refractivity contribution in [2.75, 3.05) is 6.54 Å². The quantitative estimate of drug-likeness (QED) is 0.668. The van der Waals surface area contributed by atoms with Gasteiger partial charge >= 0.3 is 5.56 Å². The summed E-state index contributed by atoms with van der Waals surface area (Å²) in [5, 5.41) is 10.7. The summed E-state index contributed by atoms with van der Waals surface area (Å²) in [4.78, 5) is 31.7. The normalized spacial score (nSPS) is 17.8. The number of nitrogens with zero attached hydrogens (tertiary/aromatic N) is 3. The first-order chi connectivity index (χ1) is 15.9. The first kappa shape index (κ1) is 21.2. The highest BCUT2D eigenvalue weighted by Gasteiger charge is 2.42. The van der Waals surface area contributed by atoms with Crippen molar-refractivity contribution in [3.8, 4) is 5.75 Å². The van der Waals surface area contributed by atoms with Gasteiger partial charge in [0.05, 0.1) is 6.04 Å². The van der Waals surface area contributed by atoms with Crippen LogP contribution < -0.4 is 5.56 Å². The Labute approximate surface area is 192 Å². The number of fused-ring (bicyclic) bond motifs is 3. The fraction of sp³-hybridized carbons (Fsp3) is 0.296. The first-order valence-corrected chi connectivity index (χ1v) is 11.4. The van der Waals surface area contributed by atoms with Crippen molar-refractivity contribution in [1.82, 2.24) is 14.5 Å². The number of aromatic nitrogens is 2. The summed E-state index contributed by atoms with van der Waals surface area (Å²) in [7, 11) is 0. The number of aromatic hydroxyl groups is 1. The number of carbonyl (C=O) groups excluding carboxylic acids is 1. The minimum absolute atomic E-state index is 0.00550. The molecule has 0 fully saturated rings. The van der Waals surface area contributed by atoms with Crippen molar-refractivity contribution in [2.45, 2.75) is 44.7 Å². The summed E-state index contributed by atoms with van der Waals surface area (Å²) in [5.41, 5.74) is 4.12. The van der Waals surface area contributed by atoms with Gasteiger partial charge in [-0.05, 0) is 55.0 Å². The third-order valence-electron chi connectivity index (χ3n) is 6.94. The van der Waals surface area contributed by atoms with Crippen LogP contribution in [0.2, 0.25) is 0 Å². The summed E-state index contributed by atoms with van der Waals surface area (Å²) >= 11 is 0. The molecule has 1 amide bonds. The molecule has 1 N–H and O–H groups in total. The number of rotatable bonds is 3. The standard InChI is InChI=1S/C27H27N3O3/c1-4-22-28-26(32)25(31)24-27(33)29(16(2)3)15-21(30(22)24)23-19-11-7-5-9-17(19)13-14-18-10-6-8-12-20(18)23/h4-12,16,21,23,31H,1,13-15H2,2-3H3. The van der Waals surface area contributed by atoms with E-state index in [1.807, 2.05) is 26.0 Å². The van der Waals surface area contributed by atoms with E-state index in [0.29, 0.717) is 12.4 Å². The number of hydrogen-bond acceptors (Lipinski definition) is 4. The second-order valence-electron chi connectivity index (χ2n) is 9.04. The lowest BCUT2D eigenvalue weighted by Gasteiger charge is -2.42. The van der Waals surface area contributed by atoms with Gasteiger partial charge in [-0.2, -0.15) is 4.98 Å². The Morgan fingerprint density at radius 2 is 1.61 bits per heavy atom. The molecule has 2 heterocycles. The maximum absolute atomic E-state index is 13.4. The third kappa shape index (κ3) is 3.28. The molecular formula is C27H27N3O3. The van der Waals surface area contributed by atoms with Crippen molar-refractivity contribution in [3.63, 3.8) is 0 Å². The zero-order valence-corrected chi connectivity index (χ0v) is 18.9. The molecule has 1 unspecified atom stereocenters. The molecule has 1 aromatic heterocycles. The maximum atomic E-state index is 13.4. The van der Waals surface area contributed by atoms with Gasteiger partial charge in [0.2, 0.25) is 5.75 Å².